The highest BCUT2D eigenvalue weighted by Crippen LogP contribution is 2.23. The fourth-order valence-electron chi connectivity index (χ4n) is 3.55. The maximum absolute atomic E-state index is 14.9. The molecule has 0 bridgehead atoms. The molecule has 1 fully saturated rings. The Morgan fingerprint density at radius 3 is 2.57 bits per heavy atom. The van der Waals surface area contributed by atoms with Crippen LogP contribution in [-0.2, 0) is 16.0 Å². The van der Waals surface area contributed by atoms with E-state index in [9.17, 15) is 18.8 Å². The Morgan fingerprint density at radius 2 is 1.94 bits per heavy atom. The van der Waals surface area contributed by atoms with E-state index in [2.05, 4.69) is 15.6 Å². The topological polar surface area (TPSA) is 101 Å². The highest BCUT2D eigenvalue weighted by atomic mass is 35.5. The summed E-state index contributed by atoms with van der Waals surface area (Å²) in [7, 11) is 0. The second-order valence-electron chi connectivity index (χ2n) is 9.16. The molecule has 2 atom stereocenters. The average Bonchev–Trinajstić information content (AvgIpc) is 2.77. The van der Waals surface area contributed by atoms with Crippen LogP contribution in [0.3, 0.4) is 0 Å². The summed E-state index contributed by atoms with van der Waals surface area (Å²) in [6.07, 6.45) is -0.661. The van der Waals surface area contributed by atoms with E-state index < -0.39 is 35.7 Å². The van der Waals surface area contributed by atoms with Crippen LogP contribution in [0.5, 0.6) is 0 Å². The Bertz CT molecular complexity index is 1090. The smallest absolute Gasteiger partial charge is 0.410 e. The third-order valence-electron chi connectivity index (χ3n) is 5.21. The van der Waals surface area contributed by atoms with Gasteiger partial charge in [-0.15, -0.1) is 0 Å². The number of carbonyl (C=O) groups is 3. The van der Waals surface area contributed by atoms with Gasteiger partial charge in [-0.05, 0) is 57.0 Å². The molecular formula is C24H27Cl2FN4O4. The summed E-state index contributed by atoms with van der Waals surface area (Å²) in [6, 6.07) is 7.00. The van der Waals surface area contributed by atoms with Crippen LogP contribution in [0.2, 0.25) is 10.0 Å². The first-order chi connectivity index (χ1) is 16.4. The molecule has 11 heteroatoms. The molecule has 8 nitrogen and oxygen atoms in total. The number of carbonyl (C=O) groups excluding carboxylic acids is 3. The molecule has 188 valence electrons. The van der Waals surface area contributed by atoms with Crippen molar-refractivity contribution < 1.29 is 23.5 Å². The average molecular weight is 525 g/mol. The number of pyridine rings is 1. The molecule has 0 saturated carbocycles. The number of aromatic nitrogens is 1. The summed E-state index contributed by atoms with van der Waals surface area (Å²) in [5.41, 5.74) is -0.217. The van der Waals surface area contributed by atoms with Crippen LogP contribution in [0.4, 0.5) is 15.0 Å². The Hall–Kier alpha value is -2.91. The van der Waals surface area contributed by atoms with E-state index >= 15 is 0 Å². The van der Waals surface area contributed by atoms with Crippen molar-refractivity contribution in [3.05, 3.63) is 57.7 Å². The molecule has 3 rings (SSSR count). The summed E-state index contributed by atoms with van der Waals surface area (Å²) >= 11 is 12.1. The van der Waals surface area contributed by atoms with Crippen LogP contribution < -0.4 is 10.6 Å². The van der Waals surface area contributed by atoms with Crippen molar-refractivity contribution in [1.82, 2.24) is 15.2 Å². The number of hydrogen-bond acceptors (Lipinski definition) is 5. The molecular weight excluding hydrogens is 498 g/mol. The van der Waals surface area contributed by atoms with Crippen molar-refractivity contribution in [3.63, 3.8) is 0 Å². The quantitative estimate of drug-likeness (QED) is 0.592. The molecule has 2 aromatic rings. The van der Waals surface area contributed by atoms with Gasteiger partial charge in [0.2, 0.25) is 5.91 Å². The van der Waals surface area contributed by atoms with E-state index in [1.165, 1.54) is 17.2 Å². The van der Waals surface area contributed by atoms with E-state index in [1.807, 2.05) is 0 Å². The largest absolute Gasteiger partial charge is 0.444 e. The second-order valence-corrected chi connectivity index (χ2v) is 10.0. The fourth-order valence-corrected chi connectivity index (χ4v) is 3.91. The molecule has 0 aliphatic carbocycles. The van der Waals surface area contributed by atoms with Gasteiger partial charge in [-0.25, -0.2) is 14.2 Å². The van der Waals surface area contributed by atoms with E-state index in [0.29, 0.717) is 16.4 Å². The van der Waals surface area contributed by atoms with Gasteiger partial charge in [0.05, 0.1) is 24.0 Å². The molecule has 0 radical (unpaired) electrons. The molecule has 1 aliphatic heterocycles. The lowest BCUT2D eigenvalue weighted by atomic mass is 10.00. The number of likely N-dealkylation sites (tertiary alicyclic amines) is 1. The summed E-state index contributed by atoms with van der Waals surface area (Å²) < 4.78 is 20.2. The number of piperidine rings is 1. The van der Waals surface area contributed by atoms with E-state index in [-0.39, 0.29) is 36.5 Å². The first kappa shape index (κ1) is 26.7. The third kappa shape index (κ3) is 7.53. The fraction of sp³-hybridized carbons (Fsp3) is 0.417. The number of benzene rings is 1. The van der Waals surface area contributed by atoms with Gasteiger partial charge in [0, 0.05) is 23.3 Å². The molecule has 3 amide bonds. The summed E-state index contributed by atoms with van der Waals surface area (Å²) in [6.45, 7) is 5.25. The normalized spacial score (nSPS) is 18.1. The number of anilines is 1. The predicted molar refractivity (Wildman–Crippen MR) is 132 cm³/mol. The Balaban J connectivity index is 1.65. The number of hydrogen-bond donors (Lipinski definition) is 2. The van der Waals surface area contributed by atoms with Crippen LogP contribution in [0.1, 0.15) is 43.1 Å². The van der Waals surface area contributed by atoms with Gasteiger partial charge in [-0.2, -0.15) is 0 Å². The predicted octanol–water partition coefficient (Wildman–Crippen LogP) is 4.65. The first-order valence-electron chi connectivity index (χ1n) is 11.0. The zero-order valence-corrected chi connectivity index (χ0v) is 21.1. The lowest BCUT2D eigenvalue weighted by Gasteiger charge is -2.36. The molecule has 1 aliphatic rings. The first-order valence-corrected chi connectivity index (χ1v) is 11.8. The minimum absolute atomic E-state index is 0.165. The zero-order chi connectivity index (χ0) is 25.8. The second kappa shape index (κ2) is 11.2. The van der Waals surface area contributed by atoms with Crippen molar-refractivity contribution in [3.8, 4) is 0 Å². The van der Waals surface area contributed by atoms with Crippen LogP contribution in [0, 0.1) is 0 Å². The van der Waals surface area contributed by atoms with Gasteiger partial charge < -0.3 is 20.3 Å². The number of halogens is 3. The number of nitrogens with one attached hydrogen (secondary N) is 2. The van der Waals surface area contributed by atoms with Gasteiger partial charge in [0.15, 0.2) is 0 Å². The van der Waals surface area contributed by atoms with Crippen molar-refractivity contribution >= 4 is 46.9 Å². The van der Waals surface area contributed by atoms with Crippen LogP contribution in [-0.4, -0.2) is 58.7 Å². The van der Waals surface area contributed by atoms with E-state index in [0.717, 1.165) is 0 Å². The van der Waals surface area contributed by atoms with Gasteiger partial charge in [0.25, 0.3) is 5.91 Å². The van der Waals surface area contributed by atoms with Gasteiger partial charge in [-0.3, -0.25) is 9.59 Å². The molecule has 1 aromatic heterocycles. The monoisotopic (exact) mass is 524 g/mol. The third-order valence-corrected chi connectivity index (χ3v) is 5.78. The van der Waals surface area contributed by atoms with Crippen LogP contribution in [0.25, 0.3) is 0 Å². The maximum Gasteiger partial charge on any atom is 0.410 e. The number of ether oxygens (including phenoxy) is 1. The summed E-state index contributed by atoms with van der Waals surface area (Å²) in [5.74, 6) is -0.691. The Labute approximate surface area is 213 Å². The lowest BCUT2D eigenvalue weighted by molar-refractivity contribution is -0.115. The molecule has 1 saturated heterocycles. The molecule has 1 aromatic carbocycles. The van der Waals surface area contributed by atoms with E-state index in [1.54, 1.807) is 45.0 Å². The minimum atomic E-state index is -1.48. The van der Waals surface area contributed by atoms with Crippen LogP contribution >= 0.6 is 23.2 Å². The zero-order valence-electron chi connectivity index (χ0n) is 19.6. The lowest BCUT2D eigenvalue weighted by Crippen LogP contribution is -2.54. The SMILES string of the molecule is CC(C)(C)OC(=O)N1CC[C@H](NC(=O)c2cccc(Cl)c2CC(=O)Nc2ccc(Cl)cn2)[C@H](F)C1. The molecule has 0 spiro atoms. The maximum atomic E-state index is 14.9. The number of amides is 3. The van der Waals surface area contributed by atoms with E-state index in [4.69, 9.17) is 27.9 Å². The molecule has 0 unspecified atom stereocenters. The highest BCUT2D eigenvalue weighted by Gasteiger charge is 2.35. The van der Waals surface area contributed by atoms with Crippen LogP contribution in [0.15, 0.2) is 36.5 Å². The van der Waals surface area contributed by atoms with Gasteiger partial charge >= 0.3 is 6.09 Å². The minimum Gasteiger partial charge on any atom is -0.444 e. The highest BCUT2D eigenvalue weighted by molar-refractivity contribution is 6.32. The van der Waals surface area contributed by atoms with Gasteiger partial charge in [-0.1, -0.05) is 29.3 Å². The van der Waals surface area contributed by atoms with Crippen molar-refractivity contribution in [1.29, 1.82) is 0 Å². The van der Waals surface area contributed by atoms with Gasteiger partial charge in [0.1, 0.15) is 17.6 Å². The number of nitrogens with zero attached hydrogens (tertiary/aromatic N) is 2. The van der Waals surface area contributed by atoms with Crippen molar-refractivity contribution in [2.24, 2.45) is 0 Å². The van der Waals surface area contributed by atoms with Crippen molar-refractivity contribution in [2.45, 2.75) is 51.4 Å². The summed E-state index contributed by atoms with van der Waals surface area (Å²) in [4.78, 5) is 43.1. The Morgan fingerprint density at radius 1 is 1.20 bits per heavy atom. The standard InChI is InChI=1S/C24H27Cl2FN4O4/c1-24(2,3)35-23(34)31-10-9-19(18(27)13-31)29-22(33)15-5-4-6-17(26)16(15)11-21(32)30-20-8-7-14(25)12-28-20/h4-8,12,18-19H,9-11,13H2,1-3H3,(H,29,33)(H,28,30,32)/t18-,19+/m1/s1. The number of alkyl halides is 1. The Kier molecular flexibility index (Phi) is 8.56. The summed E-state index contributed by atoms with van der Waals surface area (Å²) in [5, 5.41) is 5.96. The van der Waals surface area contributed by atoms with Crippen molar-refractivity contribution in [2.75, 3.05) is 18.4 Å². The molecule has 35 heavy (non-hydrogen) atoms. The number of rotatable bonds is 5. The molecule has 2 N–H and O–H groups in total. The molecule has 2 heterocycles.